The normalized spacial score (nSPS) is 22.2. The Hall–Kier alpha value is -2.41. The number of sulfonamides is 1. The molecule has 1 aliphatic heterocycles. The van der Waals surface area contributed by atoms with Gasteiger partial charge in [-0.3, -0.25) is 0 Å². The number of H-pyrrole nitrogens is 1. The monoisotopic (exact) mass is 368 g/mol. The molecule has 0 amide bonds. The minimum absolute atomic E-state index is 0.154. The molecule has 2 atom stereocenters. The highest BCUT2D eigenvalue weighted by Crippen LogP contribution is 2.38. The molecule has 0 aliphatic carbocycles. The Morgan fingerprint density at radius 1 is 1.15 bits per heavy atom. The Morgan fingerprint density at radius 3 is 2.69 bits per heavy atom. The predicted octanol–water partition coefficient (Wildman–Crippen LogP) is 3.00. The van der Waals surface area contributed by atoms with E-state index >= 15 is 0 Å². The van der Waals surface area contributed by atoms with Gasteiger partial charge < -0.3 is 10.1 Å². The average Bonchev–Trinajstić information content (AvgIpc) is 3.06. The van der Waals surface area contributed by atoms with Crippen LogP contribution in [0.4, 0.5) is 0 Å². The maximum atomic E-state index is 13.1. The van der Waals surface area contributed by atoms with E-state index in [4.69, 9.17) is 0 Å². The Balaban J connectivity index is 1.82. The molecule has 3 aromatic rings. The van der Waals surface area contributed by atoms with E-state index in [2.05, 4.69) is 11.6 Å². The first-order valence-electron chi connectivity index (χ1n) is 8.49. The number of nitrogens with one attached hydrogen (secondary N) is 1. The molecule has 26 heavy (non-hydrogen) atoms. The second-order valence-corrected chi connectivity index (χ2v) is 8.34. The lowest BCUT2D eigenvalue weighted by Gasteiger charge is -2.38. The summed E-state index contributed by atoms with van der Waals surface area (Å²) >= 11 is 0. The second kappa shape index (κ2) is 6.39. The van der Waals surface area contributed by atoms with Crippen LogP contribution in [0.5, 0.6) is 0 Å². The molecule has 134 valence electrons. The molecule has 6 heteroatoms. The molecule has 2 N–H and O–H groups in total. The molecule has 0 saturated carbocycles. The summed E-state index contributed by atoms with van der Waals surface area (Å²) in [6, 6.07) is 13.9. The third-order valence-electron chi connectivity index (χ3n) is 4.97. The van der Waals surface area contributed by atoms with E-state index in [1.807, 2.05) is 30.5 Å². The topological polar surface area (TPSA) is 73.4 Å². The van der Waals surface area contributed by atoms with Crippen LogP contribution in [-0.2, 0) is 16.4 Å². The van der Waals surface area contributed by atoms with Crippen LogP contribution in [0.3, 0.4) is 0 Å². The van der Waals surface area contributed by atoms with Crippen molar-refractivity contribution in [2.24, 2.45) is 0 Å². The molecule has 1 aliphatic rings. The highest BCUT2D eigenvalue weighted by molar-refractivity contribution is 7.89. The Morgan fingerprint density at radius 2 is 1.88 bits per heavy atom. The summed E-state index contributed by atoms with van der Waals surface area (Å²) < 4.78 is 27.6. The Kier molecular flexibility index (Phi) is 4.19. The van der Waals surface area contributed by atoms with Gasteiger partial charge in [-0.15, -0.1) is 6.58 Å². The molecular weight excluding hydrogens is 348 g/mol. The van der Waals surface area contributed by atoms with Gasteiger partial charge >= 0.3 is 0 Å². The highest BCUT2D eigenvalue weighted by atomic mass is 32.2. The third kappa shape index (κ3) is 2.58. The van der Waals surface area contributed by atoms with Crippen LogP contribution < -0.4 is 0 Å². The molecule has 0 unspecified atom stereocenters. The van der Waals surface area contributed by atoms with Crippen LogP contribution in [0.25, 0.3) is 10.9 Å². The van der Waals surface area contributed by atoms with Crippen molar-refractivity contribution >= 4 is 20.9 Å². The Bertz CT molecular complexity index is 1070. The lowest BCUT2D eigenvalue weighted by molar-refractivity contribution is 0.0842. The second-order valence-electron chi connectivity index (χ2n) is 6.48. The summed E-state index contributed by atoms with van der Waals surface area (Å²) in [5.41, 5.74) is 2.43. The van der Waals surface area contributed by atoms with Crippen molar-refractivity contribution in [2.45, 2.75) is 23.5 Å². The van der Waals surface area contributed by atoms with Gasteiger partial charge in [-0.25, -0.2) is 8.42 Å². The molecule has 0 bridgehead atoms. The zero-order valence-electron chi connectivity index (χ0n) is 14.2. The summed E-state index contributed by atoms with van der Waals surface area (Å²) in [5.74, 6) is 0. The fraction of sp³-hybridized carbons (Fsp3) is 0.200. The van der Waals surface area contributed by atoms with Gasteiger partial charge in [0.05, 0.1) is 17.0 Å². The first-order valence-corrected chi connectivity index (χ1v) is 9.93. The zero-order valence-corrected chi connectivity index (χ0v) is 15.0. The number of fused-ring (bicyclic) bond motifs is 2. The summed E-state index contributed by atoms with van der Waals surface area (Å²) in [4.78, 5) is 3.38. The van der Waals surface area contributed by atoms with Gasteiger partial charge in [-0.1, -0.05) is 42.5 Å². The van der Waals surface area contributed by atoms with Crippen molar-refractivity contribution in [3.05, 3.63) is 78.5 Å². The SMILES string of the molecule is C=CCN1[C@@H](Cc2c[nH]c3ccccc23)[C@H](O)c2ccccc2S1(=O)=O. The lowest BCUT2D eigenvalue weighted by atomic mass is 9.95. The van der Waals surface area contributed by atoms with Gasteiger partial charge in [0.15, 0.2) is 0 Å². The van der Waals surface area contributed by atoms with Gasteiger partial charge in [-0.2, -0.15) is 4.31 Å². The number of benzene rings is 2. The molecule has 2 aromatic carbocycles. The van der Waals surface area contributed by atoms with E-state index in [0.717, 1.165) is 16.5 Å². The minimum atomic E-state index is -3.69. The molecule has 1 aromatic heterocycles. The van der Waals surface area contributed by atoms with Crippen LogP contribution in [-0.4, -0.2) is 35.4 Å². The molecule has 2 heterocycles. The third-order valence-corrected chi connectivity index (χ3v) is 6.94. The van der Waals surface area contributed by atoms with Crippen LogP contribution in [0.15, 0.2) is 72.3 Å². The summed E-state index contributed by atoms with van der Waals surface area (Å²) in [5, 5.41) is 12.0. The summed E-state index contributed by atoms with van der Waals surface area (Å²) in [7, 11) is -3.69. The molecule has 0 spiro atoms. The number of hydrogen-bond acceptors (Lipinski definition) is 3. The van der Waals surface area contributed by atoms with Crippen LogP contribution in [0.1, 0.15) is 17.2 Å². The van der Waals surface area contributed by atoms with Gasteiger partial charge in [0.2, 0.25) is 10.0 Å². The molecule has 4 rings (SSSR count). The number of aliphatic hydroxyl groups excluding tert-OH is 1. The number of nitrogens with zero attached hydrogens (tertiary/aromatic N) is 1. The van der Waals surface area contributed by atoms with Crippen LogP contribution >= 0.6 is 0 Å². The first kappa shape index (κ1) is 17.0. The number of aromatic amines is 1. The predicted molar refractivity (Wildman–Crippen MR) is 101 cm³/mol. The molecular formula is C20H20N2O3S. The standard InChI is InChI=1S/C20H20N2O3S/c1-2-11-22-18(12-14-13-21-17-9-5-3-7-15(14)17)20(23)16-8-4-6-10-19(16)26(22,24)25/h2-10,13,18,20-21,23H,1,11-12H2/t18-,20+/m0/s1. The van der Waals surface area contributed by atoms with Crippen molar-refractivity contribution in [2.75, 3.05) is 6.54 Å². The van der Waals surface area contributed by atoms with Crippen molar-refractivity contribution in [3.63, 3.8) is 0 Å². The molecule has 0 saturated heterocycles. The number of aromatic nitrogens is 1. The fourth-order valence-corrected chi connectivity index (χ4v) is 5.57. The fourth-order valence-electron chi connectivity index (χ4n) is 3.73. The summed E-state index contributed by atoms with van der Waals surface area (Å²) in [6.45, 7) is 3.84. The van der Waals surface area contributed by atoms with E-state index in [1.54, 1.807) is 30.3 Å². The minimum Gasteiger partial charge on any atom is -0.387 e. The van der Waals surface area contributed by atoms with Crippen molar-refractivity contribution in [3.8, 4) is 0 Å². The first-order chi connectivity index (χ1) is 12.5. The maximum absolute atomic E-state index is 13.1. The van der Waals surface area contributed by atoms with E-state index in [0.29, 0.717) is 12.0 Å². The summed E-state index contributed by atoms with van der Waals surface area (Å²) in [6.07, 6.45) is 2.95. The zero-order chi connectivity index (χ0) is 18.3. The molecule has 0 fully saturated rings. The largest absolute Gasteiger partial charge is 0.387 e. The van der Waals surface area contributed by atoms with Crippen molar-refractivity contribution in [1.29, 1.82) is 0 Å². The van der Waals surface area contributed by atoms with Gasteiger partial charge in [0, 0.05) is 29.2 Å². The van der Waals surface area contributed by atoms with E-state index in [1.165, 1.54) is 4.31 Å². The lowest BCUT2D eigenvalue weighted by Crippen LogP contribution is -2.49. The van der Waals surface area contributed by atoms with Crippen LogP contribution in [0.2, 0.25) is 0 Å². The maximum Gasteiger partial charge on any atom is 0.244 e. The number of aliphatic hydroxyl groups is 1. The van der Waals surface area contributed by atoms with Gasteiger partial charge in [0.25, 0.3) is 0 Å². The van der Waals surface area contributed by atoms with Gasteiger partial charge in [-0.05, 0) is 24.1 Å². The quantitative estimate of drug-likeness (QED) is 0.695. The van der Waals surface area contributed by atoms with Crippen molar-refractivity contribution in [1.82, 2.24) is 9.29 Å². The molecule has 0 radical (unpaired) electrons. The smallest absolute Gasteiger partial charge is 0.244 e. The van der Waals surface area contributed by atoms with Crippen molar-refractivity contribution < 1.29 is 13.5 Å². The number of para-hydroxylation sites is 1. The highest BCUT2D eigenvalue weighted by Gasteiger charge is 2.43. The van der Waals surface area contributed by atoms with E-state index < -0.39 is 22.2 Å². The van der Waals surface area contributed by atoms with E-state index in [-0.39, 0.29) is 11.4 Å². The number of hydrogen-bond donors (Lipinski definition) is 2. The molecule has 5 nitrogen and oxygen atoms in total. The average molecular weight is 368 g/mol. The van der Waals surface area contributed by atoms with Crippen LogP contribution in [0, 0.1) is 0 Å². The van der Waals surface area contributed by atoms with E-state index in [9.17, 15) is 13.5 Å². The number of rotatable bonds is 4. The van der Waals surface area contributed by atoms with Gasteiger partial charge in [0.1, 0.15) is 0 Å². The Labute approximate surface area is 152 Å².